The van der Waals surface area contributed by atoms with Crippen LogP contribution in [0.4, 0.5) is 5.69 Å². The van der Waals surface area contributed by atoms with Gasteiger partial charge in [0.2, 0.25) is 5.91 Å². The molecule has 3 N–H and O–H groups in total. The van der Waals surface area contributed by atoms with Crippen LogP contribution in [0.25, 0.3) is 0 Å². The van der Waals surface area contributed by atoms with Gasteiger partial charge in [-0.15, -0.1) is 12.4 Å². The average Bonchev–Trinajstić information content (AvgIpc) is 3.05. The SMILES string of the molecule is Cl.O=C(CNCC1CC1)Nc1ccc(O)cc1. The second-order valence-electron chi connectivity index (χ2n) is 4.17. The molecule has 0 spiro atoms. The molecule has 4 nitrogen and oxygen atoms in total. The highest BCUT2D eigenvalue weighted by Crippen LogP contribution is 2.27. The van der Waals surface area contributed by atoms with E-state index in [1.54, 1.807) is 24.3 Å². The molecule has 0 atom stereocenters. The first-order valence-corrected chi connectivity index (χ1v) is 5.53. The Bertz CT molecular complexity index is 363. The van der Waals surface area contributed by atoms with E-state index in [4.69, 9.17) is 5.11 Å². The third kappa shape index (κ3) is 5.06. The van der Waals surface area contributed by atoms with Gasteiger partial charge in [0.15, 0.2) is 0 Å². The zero-order chi connectivity index (χ0) is 11.4. The number of halogens is 1. The Morgan fingerprint density at radius 3 is 2.53 bits per heavy atom. The minimum absolute atomic E-state index is 0. The van der Waals surface area contributed by atoms with E-state index in [0.717, 1.165) is 12.5 Å². The van der Waals surface area contributed by atoms with Crippen LogP contribution in [0.3, 0.4) is 0 Å². The molecule has 0 bridgehead atoms. The number of hydrogen-bond donors (Lipinski definition) is 3. The molecule has 0 heterocycles. The fraction of sp³-hybridized carbons (Fsp3) is 0.417. The zero-order valence-corrected chi connectivity index (χ0v) is 10.3. The summed E-state index contributed by atoms with van der Waals surface area (Å²) in [7, 11) is 0. The van der Waals surface area contributed by atoms with Crippen molar-refractivity contribution >= 4 is 24.0 Å². The quantitative estimate of drug-likeness (QED) is 0.704. The monoisotopic (exact) mass is 256 g/mol. The van der Waals surface area contributed by atoms with Gasteiger partial charge in [-0.25, -0.2) is 0 Å². The maximum absolute atomic E-state index is 11.5. The van der Waals surface area contributed by atoms with Crippen molar-refractivity contribution in [3.05, 3.63) is 24.3 Å². The summed E-state index contributed by atoms with van der Waals surface area (Å²) in [4.78, 5) is 11.5. The molecule has 1 amide bonds. The van der Waals surface area contributed by atoms with Gasteiger partial charge in [0, 0.05) is 5.69 Å². The molecule has 0 aliphatic heterocycles. The van der Waals surface area contributed by atoms with Crippen LogP contribution in [0.5, 0.6) is 5.75 Å². The predicted molar refractivity (Wildman–Crippen MR) is 69.6 cm³/mol. The number of aromatic hydroxyl groups is 1. The molecule has 2 rings (SSSR count). The van der Waals surface area contributed by atoms with E-state index >= 15 is 0 Å². The fourth-order valence-corrected chi connectivity index (χ4v) is 1.46. The lowest BCUT2D eigenvalue weighted by Crippen LogP contribution is -2.29. The second-order valence-corrected chi connectivity index (χ2v) is 4.17. The normalized spacial score (nSPS) is 13.9. The van der Waals surface area contributed by atoms with Gasteiger partial charge in [-0.05, 0) is 49.6 Å². The number of rotatable bonds is 5. The smallest absolute Gasteiger partial charge is 0.238 e. The van der Waals surface area contributed by atoms with Crippen molar-refractivity contribution in [1.82, 2.24) is 5.32 Å². The van der Waals surface area contributed by atoms with Gasteiger partial charge < -0.3 is 15.7 Å². The number of benzene rings is 1. The van der Waals surface area contributed by atoms with E-state index in [1.165, 1.54) is 12.8 Å². The summed E-state index contributed by atoms with van der Waals surface area (Å²) in [5, 5.41) is 14.9. The molecule has 0 unspecified atom stereocenters. The third-order valence-electron chi connectivity index (χ3n) is 2.57. The van der Waals surface area contributed by atoms with Crippen LogP contribution < -0.4 is 10.6 Å². The first kappa shape index (κ1) is 13.8. The van der Waals surface area contributed by atoms with Gasteiger partial charge in [-0.3, -0.25) is 4.79 Å². The Kier molecular flexibility index (Phi) is 5.25. The third-order valence-corrected chi connectivity index (χ3v) is 2.57. The standard InChI is InChI=1S/C12H16N2O2.ClH/c15-11-5-3-10(4-6-11)14-12(16)8-13-7-9-1-2-9;/h3-6,9,13,15H,1-2,7-8H2,(H,14,16);1H. The average molecular weight is 257 g/mol. The van der Waals surface area contributed by atoms with Gasteiger partial charge in [-0.1, -0.05) is 0 Å². The van der Waals surface area contributed by atoms with Crippen molar-refractivity contribution in [2.24, 2.45) is 5.92 Å². The van der Waals surface area contributed by atoms with Crippen LogP contribution in [0.2, 0.25) is 0 Å². The van der Waals surface area contributed by atoms with Crippen molar-refractivity contribution in [3.8, 4) is 5.75 Å². The molecule has 1 aliphatic rings. The summed E-state index contributed by atoms with van der Waals surface area (Å²) >= 11 is 0. The van der Waals surface area contributed by atoms with Crippen LogP contribution in [0.1, 0.15) is 12.8 Å². The largest absolute Gasteiger partial charge is 0.508 e. The summed E-state index contributed by atoms with van der Waals surface area (Å²) in [5.41, 5.74) is 0.705. The number of anilines is 1. The number of nitrogens with one attached hydrogen (secondary N) is 2. The van der Waals surface area contributed by atoms with Gasteiger partial charge in [0.05, 0.1) is 6.54 Å². The number of carbonyl (C=O) groups is 1. The molecule has 1 aliphatic carbocycles. The first-order chi connectivity index (χ1) is 7.74. The highest BCUT2D eigenvalue weighted by atomic mass is 35.5. The molecule has 1 aromatic carbocycles. The molecule has 94 valence electrons. The fourth-order valence-electron chi connectivity index (χ4n) is 1.46. The molecular weight excluding hydrogens is 240 g/mol. The van der Waals surface area contributed by atoms with Gasteiger partial charge in [0.1, 0.15) is 5.75 Å². The number of phenols is 1. The van der Waals surface area contributed by atoms with Gasteiger partial charge in [0.25, 0.3) is 0 Å². The molecular formula is C12H17ClN2O2. The Labute approximate surface area is 107 Å². The van der Waals surface area contributed by atoms with Crippen molar-refractivity contribution in [3.63, 3.8) is 0 Å². The van der Waals surface area contributed by atoms with E-state index in [2.05, 4.69) is 10.6 Å². The molecule has 1 saturated carbocycles. The van der Waals surface area contributed by atoms with Crippen LogP contribution in [0.15, 0.2) is 24.3 Å². The predicted octanol–water partition coefficient (Wildman–Crippen LogP) is 1.75. The number of phenolic OH excluding ortho intramolecular Hbond substituents is 1. The lowest BCUT2D eigenvalue weighted by molar-refractivity contribution is -0.115. The molecule has 0 saturated heterocycles. The summed E-state index contributed by atoms with van der Waals surface area (Å²) in [6.07, 6.45) is 2.57. The van der Waals surface area contributed by atoms with Crippen LogP contribution in [-0.2, 0) is 4.79 Å². The molecule has 1 fully saturated rings. The maximum Gasteiger partial charge on any atom is 0.238 e. The molecule has 0 aromatic heterocycles. The Hall–Kier alpha value is -1.26. The summed E-state index contributed by atoms with van der Waals surface area (Å²) in [6, 6.07) is 6.45. The zero-order valence-electron chi connectivity index (χ0n) is 9.48. The Balaban J connectivity index is 0.00000144. The van der Waals surface area contributed by atoms with E-state index in [0.29, 0.717) is 12.2 Å². The first-order valence-electron chi connectivity index (χ1n) is 5.53. The van der Waals surface area contributed by atoms with Gasteiger partial charge in [-0.2, -0.15) is 0 Å². The molecule has 17 heavy (non-hydrogen) atoms. The second kappa shape index (κ2) is 6.47. The maximum atomic E-state index is 11.5. The van der Waals surface area contributed by atoms with Crippen molar-refractivity contribution < 1.29 is 9.90 Å². The number of hydrogen-bond acceptors (Lipinski definition) is 3. The van der Waals surface area contributed by atoms with E-state index in [-0.39, 0.29) is 24.1 Å². The van der Waals surface area contributed by atoms with Crippen LogP contribution in [0, 0.1) is 5.92 Å². The lowest BCUT2D eigenvalue weighted by Gasteiger charge is -2.06. The highest BCUT2D eigenvalue weighted by molar-refractivity contribution is 5.92. The van der Waals surface area contributed by atoms with Crippen LogP contribution >= 0.6 is 12.4 Å². The summed E-state index contributed by atoms with van der Waals surface area (Å²) in [5.74, 6) is 0.928. The van der Waals surface area contributed by atoms with Crippen molar-refractivity contribution in [2.75, 3.05) is 18.4 Å². The molecule has 5 heteroatoms. The minimum Gasteiger partial charge on any atom is -0.508 e. The van der Waals surface area contributed by atoms with E-state index in [1.807, 2.05) is 0 Å². The van der Waals surface area contributed by atoms with E-state index in [9.17, 15) is 4.79 Å². The number of amides is 1. The number of carbonyl (C=O) groups excluding carboxylic acids is 1. The summed E-state index contributed by atoms with van der Waals surface area (Å²) < 4.78 is 0. The van der Waals surface area contributed by atoms with Crippen molar-refractivity contribution in [1.29, 1.82) is 0 Å². The summed E-state index contributed by atoms with van der Waals surface area (Å²) in [6.45, 7) is 1.28. The lowest BCUT2D eigenvalue weighted by atomic mass is 10.3. The Morgan fingerprint density at radius 2 is 1.94 bits per heavy atom. The molecule has 0 radical (unpaired) electrons. The Morgan fingerprint density at radius 1 is 1.29 bits per heavy atom. The van der Waals surface area contributed by atoms with Gasteiger partial charge >= 0.3 is 0 Å². The molecule has 1 aromatic rings. The highest BCUT2D eigenvalue weighted by Gasteiger charge is 2.20. The van der Waals surface area contributed by atoms with Crippen LogP contribution in [-0.4, -0.2) is 24.1 Å². The topological polar surface area (TPSA) is 61.4 Å². The van der Waals surface area contributed by atoms with E-state index < -0.39 is 0 Å². The minimum atomic E-state index is -0.0497. The van der Waals surface area contributed by atoms with Crippen molar-refractivity contribution in [2.45, 2.75) is 12.8 Å².